The Hall–Kier alpha value is -0.675. The van der Waals surface area contributed by atoms with Crippen LogP contribution < -0.4 is 0 Å². The van der Waals surface area contributed by atoms with Crippen LogP contribution in [0.25, 0.3) is 0 Å². The minimum atomic E-state index is -4.85. The number of hydrogen-bond acceptors (Lipinski definition) is 2. The van der Waals surface area contributed by atoms with E-state index in [9.17, 15) is 17.7 Å². The summed E-state index contributed by atoms with van der Waals surface area (Å²) in [5.41, 5.74) is 0. The normalized spacial score (nSPS) is 12.7. The lowest BCUT2D eigenvalue weighted by Gasteiger charge is -2.34. The largest absolute Gasteiger partial charge is 0.483 e. The first kappa shape index (κ1) is 13.3. The van der Waals surface area contributed by atoms with E-state index in [0.717, 1.165) is 13.8 Å². The van der Waals surface area contributed by atoms with E-state index in [1.807, 2.05) is 0 Å². The lowest BCUT2D eigenvalue weighted by Crippen LogP contribution is -2.31. The first-order valence-electron chi connectivity index (χ1n) is 4.47. The molecule has 0 aromatic carbocycles. The molecule has 0 radical (unpaired) electrons. The summed E-state index contributed by atoms with van der Waals surface area (Å²) in [6.45, 7) is -2.54. The van der Waals surface area contributed by atoms with Gasteiger partial charge in [0, 0.05) is 6.42 Å². The van der Waals surface area contributed by atoms with E-state index in [2.05, 4.69) is 4.74 Å². The fourth-order valence-corrected chi connectivity index (χ4v) is 0.954. The molecule has 0 saturated heterocycles. The van der Waals surface area contributed by atoms with Gasteiger partial charge >= 0.3 is 12.9 Å². The number of carbonyl (C=O) groups is 1. The quantitative estimate of drug-likeness (QED) is 0.516. The highest BCUT2D eigenvalue weighted by molar-refractivity contribution is 6.62. The van der Waals surface area contributed by atoms with Gasteiger partial charge in [0.25, 0.3) is 0 Å². The van der Waals surface area contributed by atoms with Crippen LogP contribution >= 0.6 is 0 Å². The van der Waals surface area contributed by atoms with Crippen molar-refractivity contribution in [3.05, 3.63) is 0 Å². The molecule has 0 aromatic heterocycles. The summed E-state index contributed by atoms with van der Waals surface area (Å²) in [6.07, 6.45) is 0.221. The first-order chi connectivity index (χ1) is 6.20. The van der Waals surface area contributed by atoms with Crippen molar-refractivity contribution in [1.82, 2.24) is 0 Å². The zero-order valence-electron chi connectivity index (χ0n) is 8.65. The molecule has 0 amide bonds. The molecular weight excluding hydrogens is 196 g/mol. The molecule has 0 spiro atoms. The summed E-state index contributed by atoms with van der Waals surface area (Å²) in [6, 6.07) is 0. The lowest BCUT2D eigenvalue weighted by atomic mass is 9.58. The van der Waals surface area contributed by atoms with Crippen molar-refractivity contribution in [3.8, 4) is 0 Å². The minimum Gasteiger partial charge on any atom is -0.469 e. The van der Waals surface area contributed by atoms with Crippen molar-refractivity contribution in [2.24, 2.45) is 0 Å². The number of esters is 1. The van der Waals surface area contributed by atoms with Gasteiger partial charge in [-0.15, -0.1) is 0 Å². The van der Waals surface area contributed by atoms with Crippen LogP contribution in [0.1, 0.15) is 33.1 Å². The maximum Gasteiger partial charge on any atom is 0.483 e. The van der Waals surface area contributed by atoms with Gasteiger partial charge in [-0.25, -0.2) is 0 Å². The van der Waals surface area contributed by atoms with Gasteiger partial charge in [-0.1, -0.05) is 25.6 Å². The van der Waals surface area contributed by atoms with Crippen LogP contribution in [0.2, 0.25) is 5.31 Å². The molecule has 0 heterocycles. The molecule has 0 saturated carbocycles. The zero-order valence-corrected chi connectivity index (χ0v) is 8.65. The lowest BCUT2D eigenvalue weighted by molar-refractivity contribution is -0.140. The Morgan fingerprint density at radius 1 is 1.36 bits per heavy atom. The van der Waals surface area contributed by atoms with Crippen molar-refractivity contribution < 1.29 is 22.5 Å². The van der Waals surface area contributed by atoms with Crippen molar-refractivity contribution in [2.45, 2.75) is 38.4 Å². The van der Waals surface area contributed by atoms with E-state index in [1.165, 1.54) is 7.11 Å². The summed E-state index contributed by atoms with van der Waals surface area (Å²) in [5, 5.41) is -1.67. The third kappa shape index (κ3) is 4.02. The second kappa shape index (κ2) is 4.71. The Morgan fingerprint density at radius 2 is 1.86 bits per heavy atom. The standard InChI is InChI=1S/C8H15BF3O2/c1-8(2,9(10,11)12)6-4-5-7(13)14-3/h4-6H2,1-3H3/q-1. The van der Waals surface area contributed by atoms with Gasteiger partial charge in [-0.2, -0.15) is 0 Å². The summed E-state index contributed by atoms with van der Waals surface area (Å²) >= 11 is 0. The molecule has 0 atom stereocenters. The van der Waals surface area contributed by atoms with Gasteiger partial charge < -0.3 is 17.7 Å². The minimum absolute atomic E-state index is 0.0361. The van der Waals surface area contributed by atoms with E-state index >= 15 is 0 Å². The molecule has 0 aliphatic heterocycles. The highest BCUT2D eigenvalue weighted by Crippen LogP contribution is 2.44. The monoisotopic (exact) mass is 211 g/mol. The van der Waals surface area contributed by atoms with Crippen molar-refractivity contribution >= 4 is 12.9 Å². The number of methoxy groups -OCH3 is 1. The molecule has 0 aromatic rings. The van der Waals surface area contributed by atoms with Crippen LogP contribution in [0.4, 0.5) is 12.9 Å². The van der Waals surface area contributed by atoms with E-state index in [-0.39, 0.29) is 19.3 Å². The second-order valence-corrected chi connectivity index (χ2v) is 3.99. The zero-order chi connectivity index (χ0) is 11.4. The fraction of sp³-hybridized carbons (Fsp3) is 0.875. The number of hydrogen-bond donors (Lipinski definition) is 0. The molecular formula is C8H15BF3O2-. The summed E-state index contributed by atoms with van der Waals surface area (Å²) in [4.78, 5) is 10.6. The van der Waals surface area contributed by atoms with Crippen LogP contribution in [0.3, 0.4) is 0 Å². The summed E-state index contributed by atoms with van der Waals surface area (Å²) in [7, 11) is 1.22. The van der Waals surface area contributed by atoms with Crippen LogP contribution in [0.5, 0.6) is 0 Å². The van der Waals surface area contributed by atoms with Crippen LogP contribution in [0, 0.1) is 0 Å². The fourth-order valence-electron chi connectivity index (χ4n) is 0.954. The van der Waals surface area contributed by atoms with Gasteiger partial charge in [-0.3, -0.25) is 4.79 Å². The van der Waals surface area contributed by atoms with Crippen LogP contribution in [-0.2, 0) is 9.53 Å². The third-order valence-corrected chi connectivity index (χ3v) is 2.32. The molecule has 14 heavy (non-hydrogen) atoms. The highest BCUT2D eigenvalue weighted by atomic mass is 19.4. The molecule has 0 aliphatic carbocycles. The average molecular weight is 211 g/mol. The molecule has 0 aliphatic rings. The predicted octanol–water partition coefficient (Wildman–Crippen LogP) is 2.96. The van der Waals surface area contributed by atoms with Crippen molar-refractivity contribution in [2.75, 3.05) is 7.11 Å². The molecule has 0 N–H and O–H groups in total. The Balaban J connectivity index is 3.95. The number of carbonyl (C=O) groups excluding carboxylic acids is 1. The average Bonchev–Trinajstić information content (AvgIpc) is 2.01. The van der Waals surface area contributed by atoms with E-state index in [1.54, 1.807) is 0 Å². The number of halogens is 3. The molecule has 0 bridgehead atoms. The Labute approximate surface area is 81.9 Å². The number of ether oxygens (including phenoxy) is 1. The van der Waals surface area contributed by atoms with Crippen molar-refractivity contribution in [1.29, 1.82) is 0 Å². The second-order valence-electron chi connectivity index (χ2n) is 3.99. The highest BCUT2D eigenvalue weighted by Gasteiger charge is 2.41. The first-order valence-corrected chi connectivity index (χ1v) is 4.47. The molecule has 84 valence electrons. The van der Waals surface area contributed by atoms with Crippen LogP contribution in [-0.4, -0.2) is 20.1 Å². The Bertz CT molecular complexity index is 201. The Morgan fingerprint density at radius 3 is 2.21 bits per heavy atom. The SMILES string of the molecule is COC(=O)CCCC(C)(C)[B-](F)(F)F. The van der Waals surface area contributed by atoms with Crippen LogP contribution in [0.15, 0.2) is 0 Å². The van der Waals surface area contributed by atoms with E-state index < -0.39 is 18.3 Å². The molecule has 0 rings (SSSR count). The van der Waals surface area contributed by atoms with Gasteiger partial charge in [0.15, 0.2) is 0 Å². The molecule has 0 unspecified atom stereocenters. The third-order valence-electron chi connectivity index (χ3n) is 2.32. The smallest absolute Gasteiger partial charge is 0.469 e. The van der Waals surface area contributed by atoms with Gasteiger partial charge in [0.2, 0.25) is 0 Å². The van der Waals surface area contributed by atoms with Gasteiger partial charge in [0.05, 0.1) is 7.11 Å². The summed E-state index contributed by atoms with van der Waals surface area (Å²) in [5.74, 6) is -0.463. The Kier molecular flexibility index (Phi) is 4.48. The van der Waals surface area contributed by atoms with E-state index in [0.29, 0.717) is 0 Å². The van der Waals surface area contributed by atoms with E-state index in [4.69, 9.17) is 0 Å². The topological polar surface area (TPSA) is 26.3 Å². The maximum absolute atomic E-state index is 12.4. The molecule has 0 fully saturated rings. The summed E-state index contributed by atoms with van der Waals surface area (Å²) < 4.78 is 41.5. The number of rotatable bonds is 5. The van der Waals surface area contributed by atoms with Crippen molar-refractivity contribution in [3.63, 3.8) is 0 Å². The predicted molar refractivity (Wildman–Crippen MR) is 49.0 cm³/mol. The molecule has 2 nitrogen and oxygen atoms in total. The molecule has 6 heteroatoms. The van der Waals surface area contributed by atoms with Gasteiger partial charge in [0.1, 0.15) is 0 Å². The maximum atomic E-state index is 12.4. The van der Waals surface area contributed by atoms with Gasteiger partial charge in [-0.05, 0) is 6.42 Å².